The molecule has 4 N–H and O–H groups in total. The third-order valence-electron chi connectivity index (χ3n) is 5.70. The molecule has 0 aliphatic carbocycles. The van der Waals surface area contributed by atoms with E-state index in [0.29, 0.717) is 23.5 Å². The predicted octanol–water partition coefficient (Wildman–Crippen LogP) is 3.15. The van der Waals surface area contributed by atoms with Crippen molar-refractivity contribution < 1.29 is 24.3 Å². The number of thiophene rings is 1. The molecule has 0 radical (unpaired) electrons. The predicted molar refractivity (Wildman–Crippen MR) is 134 cm³/mol. The van der Waals surface area contributed by atoms with Gasteiger partial charge >= 0.3 is 12.0 Å². The minimum Gasteiger partial charge on any atom is -0.481 e. The first-order chi connectivity index (χ1) is 17.4. The van der Waals surface area contributed by atoms with Gasteiger partial charge in [-0.25, -0.2) is 4.79 Å². The molecule has 1 fully saturated rings. The van der Waals surface area contributed by atoms with Gasteiger partial charge in [-0.05, 0) is 41.3 Å². The molecule has 2 unspecified atom stereocenters. The van der Waals surface area contributed by atoms with Crippen molar-refractivity contribution in [3.8, 4) is 0 Å². The Morgan fingerprint density at radius 1 is 1.17 bits per heavy atom. The molecule has 4 amide bonds. The minimum absolute atomic E-state index is 0.00236. The number of pyridine rings is 1. The highest BCUT2D eigenvalue weighted by molar-refractivity contribution is 7.09. The molecule has 1 aliphatic heterocycles. The number of carboxylic acids is 1. The lowest BCUT2D eigenvalue weighted by atomic mass is 10.0. The summed E-state index contributed by atoms with van der Waals surface area (Å²) in [7, 11) is 0. The third-order valence-corrected chi connectivity index (χ3v) is 6.57. The van der Waals surface area contributed by atoms with Crippen molar-refractivity contribution >= 4 is 46.5 Å². The van der Waals surface area contributed by atoms with Crippen molar-refractivity contribution in [1.82, 2.24) is 15.6 Å². The van der Waals surface area contributed by atoms with Crippen LogP contribution in [-0.2, 0) is 20.9 Å². The lowest BCUT2D eigenvalue weighted by Gasteiger charge is -2.20. The van der Waals surface area contributed by atoms with Gasteiger partial charge in [-0.1, -0.05) is 18.2 Å². The Balaban J connectivity index is 1.37. The third kappa shape index (κ3) is 6.45. The molecule has 3 heterocycles. The van der Waals surface area contributed by atoms with Gasteiger partial charge in [0.05, 0.1) is 24.9 Å². The quantitative estimate of drug-likeness (QED) is 0.351. The molecule has 36 heavy (non-hydrogen) atoms. The largest absolute Gasteiger partial charge is 0.481 e. The van der Waals surface area contributed by atoms with E-state index in [1.807, 2.05) is 17.5 Å². The van der Waals surface area contributed by atoms with E-state index < -0.39 is 23.8 Å². The van der Waals surface area contributed by atoms with Gasteiger partial charge in [-0.15, -0.1) is 11.3 Å². The highest BCUT2D eigenvalue weighted by atomic mass is 32.1. The van der Waals surface area contributed by atoms with E-state index in [0.717, 1.165) is 4.88 Å². The summed E-state index contributed by atoms with van der Waals surface area (Å²) in [6, 6.07) is 12.9. The Morgan fingerprint density at radius 2 is 2.03 bits per heavy atom. The number of benzene rings is 1. The van der Waals surface area contributed by atoms with Crippen molar-refractivity contribution in [1.29, 1.82) is 0 Å². The first-order valence-electron chi connectivity index (χ1n) is 11.3. The molecule has 10 nitrogen and oxygen atoms in total. The number of aliphatic carboxylic acids is 1. The number of aromatic nitrogens is 1. The van der Waals surface area contributed by atoms with Crippen molar-refractivity contribution in [2.75, 3.05) is 16.8 Å². The van der Waals surface area contributed by atoms with Crippen molar-refractivity contribution in [3.05, 3.63) is 76.7 Å². The van der Waals surface area contributed by atoms with Crippen LogP contribution in [0.1, 0.15) is 29.3 Å². The number of carboxylic acid groups (broad SMARTS) is 1. The van der Waals surface area contributed by atoms with Gasteiger partial charge in [0.15, 0.2) is 0 Å². The Morgan fingerprint density at radius 3 is 2.75 bits per heavy atom. The van der Waals surface area contributed by atoms with Crippen LogP contribution in [-0.4, -0.2) is 40.5 Å². The van der Waals surface area contributed by atoms with Crippen LogP contribution in [0.25, 0.3) is 0 Å². The lowest BCUT2D eigenvalue weighted by molar-refractivity contribution is -0.138. The van der Waals surface area contributed by atoms with Gasteiger partial charge in [0.1, 0.15) is 0 Å². The number of carbonyl (C=O) groups is 4. The van der Waals surface area contributed by atoms with Crippen LogP contribution in [0.15, 0.2) is 66.3 Å². The monoisotopic (exact) mass is 507 g/mol. The van der Waals surface area contributed by atoms with Crippen LogP contribution in [0.2, 0.25) is 0 Å². The number of urea groups is 1. The number of nitrogens with zero attached hydrogens (tertiary/aromatic N) is 2. The van der Waals surface area contributed by atoms with Gasteiger partial charge in [-0.2, -0.15) is 0 Å². The molecular formula is C25H25N5O5S. The molecule has 2 aromatic heterocycles. The van der Waals surface area contributed by atoms with Crippen LogP contribution in [0, 0.1) is 5.92 Å². The first kappa shape index (κ1) is 24.9. The second-order valence-corrected chi connectivity index (χ2v) is 9.32. The number of rotatable bonds is 9. The maximum Gasteiger partial charge on any atom is 0.319 e. The molecule has 1 aliphatic rings. The number of hydrogen-bond acceptors (Lipinski definition) is 6. The van der Waals surface area contributed by atoms with Crippen LogP contribution in [0.3, 0.4) is 0 Å². The van der Waals surface area contributed by atoms with E-state index in [9.17, 15) is 24.3 Å². The van der Waals surface area contributed by atoms with E-state index >= 15 is 0 Å². The molecule has 11 heteroatoms. The fourth-order valence-electron chi connectivity index (χ4n) is 3.94. The topological polar surface area (TPSA) is 141 Å². The zero-order chi connectivity index (χ0) is 25.5. The number of anilines is 2. The molecule has 4 rings (SSSR count). The summed E-state index contributed by atoms with van der Waals surface area (Å²) in [5, 5.41) is 19.5. The van der Waals surface area contributed by atoms with Gasteiger partial charge in [0.2, 0.25) is 11.8 Å². The molecule has 0 saturated carbocycles. The van der Waals surface area contributed by atoms with Crippen LogP contribution >= 0.6 is 11.3 Å². The Labute approximate surface area is 211 Å². The zero-order valence-corrected chi connectivity index (χ0v) is 20.0. The lowest BCUT2D eigenvalue weighted by Crippen LogP contribution is -2.36. The summed E-state index contributed by atoms with van der Waals surface area (Å²) in [4.78, 5) is 55.8. The summed E-state index contributed by atoms with van der Waals surface area (Å²) in [6.45, 7) is 0.554. The molecule has 1 aromatic carbocycles. The van der Waals surface area contributed by atoms with Gasteiger partial charge < -0.3 is 26.0 Å². The van der Waals surface area contributed by atoms with E-state index in [1.165, 1.54) is 11.1 Å². The maximum absolute atomic E-state index is 12.9. The average Bonchev–Trinajstić information content (AvgIpc) is 3.52. The second-order valence-electron chi connectivity index (χ2n) is 8.29. The molecule has 1 saturated heterocycles. The fourth-order valence-corrected chi connectivity index (χ4v) is 4.58. The Bertz CT molecular complexity index is 1230. The second kappa shape index (κ2) is 11.5. The Kier molecular flexibility index (Phi) is 7.91. The molecule has 2 atom stereocenters. The maximum atomic E-state index is 12.9. The number of nitrogens with one attached hydrogen (secondary N) is 3. The minimum atomic E-state index is -1.06. The fraction of sp³-hybridized carbons (Fsp3) is 0.240. The van der Waals surface area contributed by atoms with Crippen LogP contribution in [0.5, 0.6) is 0 Å². The van der Waals surface area contributed by atoms with Crippen molar-refractivity contribution in [3.63, 3.8) is 0 Å². The van der Waals surface area contributed by atoms with Gasteiger partial charge in [-0.3, -0.25) is 19.4 Å². The van der Waals surface area contributed by atoms with Crippen LogP contribution in [0.4, 0.5) is 16.2 Å². The highest BCUT2D eigenvalue weighted by Gasteiger charge is 2.36. The molecule has 0 bridgehead atoms. The van der Waals surface area contributed by atoms with Crippen LogP contribution < -0.4 is 20.9 Å². The standard InChI is InChI=1S/C25H25N5O5S/c31-22-10-17(24(34)29-21(12-23(32)33)16-4-2-8-26-13-16)15-30(22)19-6-1-5-18(11-19)28-25(35)27-14-20-7-3-9-36-20/h1-9,11,13,17,21H,10,12,14-15H2,(H,29,34)(H,32,33)(H2,27,28,35). The SMILES string of the molecule is O=C(O)CC(NC(=O)C1CC(=O)N(c2cccc(NC(=O)NCc3cccs3)c2)C1)c1cccnc1. The smallest absolute Gasteiger partial charge is 0.319 e. The number of amides is 4. The molecule has 0 spiro atoms. The van der Waals surface area contributed by atoms with E-state index in [1.54, 1.807) is 53.9 Å². The zero-order valence-electron chi connectivity index (χ0n) is 19.2. The number of carbonyl (C=O) groups excluding carboxylic acids is 3. The van der Waals surface area contributed by atoms with Gasteiger partial charge in [0.25, 0.3) is 0 Å². The normalized spacial score (nSPS) is 15.8. The molecule has 3 aromatic rings. The average molecular weight is 508 g/mol. The Hall–Kier alpha value is -4.25. The summed E-state index contributed by atoms with van der Waals surface area (Å²) < 4.78 is 0. The van der Waals surface area contributed by atoms with Crippen molar-refractivity contribution in [2.45, 2.75) is 25.4 Å². The van der Waals surface area contributed by atoms with E-state index in [2.05, 4.69) is 20.9 Å². The number of hydrogen-bond donors (Lipinski definition) is 4. The summed E-state index contributed by atoms with van der Waals surface area (Å²) in [5.74, 6) is -2.33. The molecule has 186 valence electrons. The van der Waals surface area contributed by atoms with Crippen molar-refractivity contribution in [2.24, 2.45) is 5.92 Å². The van der Waals surface area contributed by atoms with E-state index in [-0.39, 0.29) is 31.3 Å². The molecular weight excluding hydrogens is 482 g/mol. The summed E-state index contributed by atoms with van der Waals surface area (Å²) >= 11 is 1.55. The summed E-state index contributed by atoms with van der Waals surface area (Å²) in [5.41, 5.74) is 1.64. The summed E-state index contributed by atoms with van der Waals surface area (Å²) in [6.07, 6.45) is 2.77. The highest BCUT2D eigenvalue weighted by Crippen LogP contribution is 2.28. The van der Waals surface area contributed by atoms with E-state index in [4.69, 9.17) is 0 Å². The van der Waals surface area contributed by atoms with Gasteiger partial charge in [0, 0.05) is 41.6 Å². The first-order valence-corrected chi connectivity index (χ1v) is 12.2.